The number of nitriles is 1. The van der Waals surface area contributed by atoms with Gasteiger partial charge in [-0.1, -0.05) is 12.1 Å². The Morgan fingerprint density at radius 2 is 2.29 bits per heavy atom. The summed E-state index contributed by atoms with van der Waals surface area (Å²) in [7, 11) is 0. The van der Waals surface area contributed by atoms with Gasteiger partial charge in [-0.3, -0.25) is 9.69 Å². The third-order valence-electron chi connectivity index (χ3n) is 2.84. The third-order valence-corrected chi connectivity index (χ3v) is 2.84. The van der Waals surface area contributed by atoms with Crippen molar-refractivity contribution in [3.8, 4) is 6.07 Å². The lowest BCUT2D eigenvalue weighted by Crippen LogP contribution is -2.31. The van der Waals surface area contributed by atoms with Gasteiger partial charge < -0.3 is 5.11 Å². The Bertz CT molecular complexity index is 461. The highest BCUT2D eigenvalue weighted by molar-refractivity contribution is 5.69. The lowest BCUT2D eigenvalue weighted by atomic mass is 10.1. The topological polar surface area (TPSA) is 64.3 Å². The molecule has 0 aliphatic heterocycles. The highest BCUT2D eigenvalue weighted by Gasteiger charge is 2.30. The van der Waals surface area contributed by atoms with Crippen LogP contribution in [-0.2, 0) is 11.3 Å². The molecule has 1 aliphatic rings. The minimum Gasteiger partial charge on any atom is -0.480 e. The molecule has 1 saturated carbocycles. The Balaban J connectivity index is 2.06. The van der Waals surface area contributed by atoms with Gasteiger partial charge in [-0.15, -0.1) is 0 Å². The van der Waals surface area contributed by atoms with E-state index >= 15 is 0 Å². The van der Waals surface area contributed by atoms with E-state index in [4.69, 9.17) is 10.4 Å². The highest BCUT2D eigenvalue weighted by atomic mass is 16.4. The average molecular weight is 230 g/mol. The fraction of sp³-hybridized carbons (Fsp3) is 0.385. The second-order valence-electron chi connectivity index (χ2n) is 4.34. The van der Waals surface area contributed by atoms with Gasteiger partial charge in [0.05, 0.1) is 18.2 Å². The molecule has 4 nitrogen and oxygen atoms in total. The SMILES string of the molecule is N#Cc1cccc(CN(CC(=O)O)C2CC2)c1. The van der Waals surface area contributed by atoms with Crippen molar-refractivity contribution < 1.29 is 9.90 Å². The first-order valence-electron chi connectivity index (χ1n) is 5.64. The lowest BCUT2D eigenvalue weighted by Gasteiger charge is -2.19. The third kappa shape index (κ3) is 3.30. The van der Waals surface area contributed by atoms with Crippen molar-refractivity contribution in [2.75, 3.05) is 6.54 Å². The summed E-state index contributed by atoms with van der Waals surface area (Å²) in [6.07, 6.45) is 2.15. The molecule has 88 valence electrons. The van der Waals surface area contributed by atoms with Crippen molar-refractivity contribution in [1.29, 1.82) is 5.26 Å². The average Bonchev–Trinajstić information content (AvgIpc) is 3.12. The summed E-state index contributed by atoms with van der Waals surface area (Å²) in [6, 6.07) is 9.82. The quantitative estimate of drug-likeness (QED) is 0.834. The predicted octanol–water partition coefficient (Wildman–Crippen LogP) is 1.61. The van der Waals surface area contributed by atoms with E-state index in [1.807, 2.05) is 23.1 Å². The van der Waals surface area contributed by atoms with Crippen molar-refractivity contribution in [2.24, 2.45) is 0 Å². The molecule has 0 aromatic heterocycles. The molecule has 1 aliphatic carbocycles. The van der Waals surface area contributed by atoms with Crippen molar-refractivity contribution in [3.05, 3.63) is 35.4 Å². The van der Waals surface area contributed by atoms with E-state index in [1.165, 1.54) is 0 Å². The molecule has 0 bridgehead atoms. The fourth-order valence-electron chi connectivity index (χ4n) is 1.90. The number of carbonyl (C=O) groups is 1. The standard InChI is InChI=1S/C13H14N2O2/c14-7-10-2-1-3-11(6-10)8-15(9-13(16)17)12-4-5-12/h1-3,6,12H,4-5,8-9H2,(H,16,17). The first-order chi connectivity index (χ1) is 8.19. The molecule has 1 aromatic rings. The minimum absolute atomic E-state index is 0.0709. The van der Waals surface area contributed by atoms with Gasteiger partial charge in [-0.2, -0.15) is 5.26 Å². The maximum absolute atomic E-state index is 10.8. The summed E-state index contributed by atoms with van der Waals surface area (Å²) in [5.74, 6) is -0.798. The Hall–Kier alpha value is -1.86. The van der Waals surface area contributed by atoms with E-state index in [-0.39, 0.29) is 6.54 Å². The van der Waals surface area contributed by atoms with E-state index in [1.54, 1.807) is 6.07 Å². The summed E-state index contributed by atoms with van der Waals surface area (Å²) >= 11 is 0. The van der Waals surface area contributed by atoms with Crippen LogP contribution in [0.5, 0.6) is 0 Å². The number of hydrogen-bond donors (Lipinski definition) is 1. The molecule has 0 spiro atoms. The number of carboxylic acids is 1. The summed E-state index contributed by atoms with van der Waals surface area (Å²) in [6.45, 7) is 0.675. The Morgan fingerprint density at radius 1 is 1.53 bits per heavy atom. The van der Waals surface area contributed by atoms with Crippen LogP contribution in [-0.4, -0.2) is 28.6 Å². The molecule has 1 N–H and O–H groups in total. The van der Waals surface area contributed by atoms with Crippen LogP contribution in [0.4, 0.5) is 0 Å². The van der Waals surface area contributed by atoms with Gasteiger partial charge in [0.25, 0.3) is 0 Å². The van der Waals surface area contributed by atoms with Crippen LogP contribution in [0.3, 0.4) is 0 Å². The number of carboxylic acid groups (broad SMARTS) is 1. The normalized spacial score (nSPS) is 14.6. The monoisotopic (exact) mass is 230 g/mol. The Morgan fingerprint density at radius 3 is 2.88 bits per heavy atom. The fourth-order valence-corrected chi connectivity index (χ4v) is 1.90. The highest BCUT2D eigenvalue weighted by Crippen LogP contribution is 2.28. The lowest BCUT2D eigenvalue weighted by molar-refractivity contribution is -0.138. The first kappa shape index (κ1) is 11.6. The summed E-state index contributed by atoms with van der Waals surface area (Å²) in [5, 5.41) is 17.7. The van der Waals surface area contributed by atoms with Crippen LogP contribution in [0.15, 0.2) is 24.3 Å². The predicted molar refractivity (Wildman–Crippen MR) is 62.2 cm³/mol. The van der Waals surface area contributed by atoms with Crippen LogP contribution in [0.25, 0.3) is 0 Å². The number of benzene rings is 1. The maximum Gasteiger partial charge on any atom is 0.317 e. The van der Waals surface area contributed by atoms with Crippen LogP contribution < -0.4 is 0 Å². The van der Waals surface area contributed by atoms with Gasteiger partial charge in [0.1, 0.15) is 0 Å². The molecule has 0 heterocycles. The van der Waals surface area contributed by atoms with Gasteiger partial charge in [0.15, 0.2) is 0 Å². The zero-order valence-electron chi connectivity index (χ0n) is 9.47. The maximum atomic E-state index is 10.8. The van der Waals surface area contributed by atoms with Crippen LogP contribution in [0.2, 0.25) is 0 Å². The molecular formula is C13H14N2O2. The molecule has 0 amide bonds. The molecule has 0 radical (unpaired) electrons. The van der Waals surface area contributed by atoms with Gasteiger partial charge in [-0.25, -0.2) is 0 Å². The largest absolute Gasteiger partial charge is 0.480 e. The molecular weight excluding hydrogens is 216 g/mol. The Labute approximate surface area is 100 Å². The van der Waals surface area contributed by atoms with E-state index in [2.05, 4.69) is 6.07 Å². The van der Waals surface area contributed by atoms with Gasteiger partial charge in [0.2, 0.25) is 0 Å². The number of aliphatic carboxylic acids is 1. The summed E-state index contributed by atoms with van der Waals surface area (Å²) in [5.41, 5.74) is 1.62. The molecule has 17 heavy (non-hydrogen) atoms. The van der Waals surface area contributed by atoms with Crippen LogP contribution in [0.1, 0.15) is 24.0 Å². The van der Waals surface area contributed by atoms with Crippen molar-refractivity contribution in [3.63, 3.8) is 0 Å². The first-order valence-corrected chi connectivity index (χ1v) is 5.64. The van der Waals surface area contributed by atoms with Gasteiger partial charge in [0, 0.05) is 12.6 Å². The summed E-state index contributed by atoms with van der Waals surface area (Å²) in [4.78, 5) is 12.7. The number of rotatable bonds is 5. The second kappa shape index (κ2) is 4.98. The van der Waals surface area contributed by atoms with Crippen LogP contribution in [0, 0.1) is 11.3 Å². The van der Waals surface area contributed by atoms with Crippen molar-refractivity contribution >= 4 is 5.97 Å². The van der Waals surface area contributed by atoms with Crippen LogP contribution >= 0.6 is 0 Å². The van der Waals surface area contributed by atoms with Crippen molar-refractivity contribution in [1.82, 2.24) is 4.90 Å². The molecule has 2 rings (SSSR count). The van der Waals surface area contributed by atoms with E-state index in [0.717, 1.165) is 18.4 Å². The molecule has 0 unspecified atom stereocenters. The van der Waals surface area contributed by atoms with Gasteiger partial charge >= 0.3 is 5.97 Å². The van der Waals surface area contributed by atoms with Gasteiger partial charge in [-0.05, 0) is 30.5 Å². The molecule has 4 heteroatoms. The minimum atomic E-state index is -0.798. The number of hydrogen-bond acceptors (Lipinski definition) is 3. The zero-order chi connectivity index (χ0) is 12.3. The summed E-state index contributed by atoms with van der Waals surface area (Å²) < 4.78 is 0. The number of nitrogens with zero attached hydrogens (tertiary/aromatic N) is 2. The molecule has 0 saturated heterocycles. The van der Waals surface area contributed by atoms with E-state index in [9.17, 15) is 4.79 Å². The molecule has 1 fully saturated rings. The Kier molecular flexibility index (Phi) is 3.40. The molecule has 1 aromatic carbocycles. The zero-order valence-corrected chi connectivity index (χ0v) is 9.47. The van der Waals surface area contributed by atoms with E-state index in [0.29, 0.717) is 18.2 Å². The van der Waals surface area contributed by atoms with Crippen molar-refractivity contribution in [2.45, 2.75) is 25.4 Å². The second-order valence-corrected chi connectivity index (χ2v) is 4.34. The molecule has 0 atom stereocenters. The van der Waals surface area contributed by atoms with E-state index < -0.39 is 5.97 Å². The smallest absolute Gasteiger partial charge is 0.317 e.